The largest absolute Gasteiger partial charge is 0.352 e. The third-order valence-electron chi connectivity index (χ3n) is 5.01. The lowest BCUT2D eigenvalue weighted by atomic mass is 10.3. The monoisotopic (exact) mass is 391 g/mol. The first-order chi connectivity index (χ1) is 14.3. The van der Waals surface area contributed by atoms with E-state index in [0.717, 1.165) is 50.8 Å². The molecule has 2 aromatic heterocycles. The minimum Gasteiger partial charge on any atom is -0.352 e. The van der Waals surface area contributed by atoms with Crippen molar-refractivity contribution in [3.63, 3.8) is 0 Å². The lowest BCUT2D eigenvalue weighted by Crippen LogP contribution is -2.47. The Bertz CT molecular complexity index is 905. The van der Waals surface area contributed by atoms with E-state index in [0.29, 0.717) is 12.1 Å². The summed E-state index contributed by atoms with van der Waals surface area (Å²) in [5, 5.41) is 7.26. The Hall–Kier alpha value is -3.26. The maximum absolute atomic E-state index is 12.3. The number of amides is 1. The summed E-state index contributed by atoms with van der Waals surface area (Å²) in [6, 6.07) is 11.6. The van der Waals surface area contributed by atoms with Crippen LogP contribution in [0.25, 0.3) is 5.69 Å². The number of anilines is 1. The van der Waals surface area contributed by atoms with Crippen molar-refractivity contribution < 1.29 is 4.79 Å². The van der Waals surface area contributed by atoms with Gasteiger partial charge in [0.05, 0.1) is 17.4 Å². The summed E-state index contributed by atoms with van der Waals surface area (Å²) >= 11 is 0. The first kappa shape index (κ1) is 19.1. The van der Waals surface area contributed by atoms with E-state index >= 15 is 0 Å². The number of hydrogen-bond donors (Lipinski definition) is 1. The topological polar surface area (TPSA) is 79.2 Å². The van der Waals surface area contributed by atoms with E-state index in [1.54, 1.807) is 29.5 Å². The van der Waals surface area contributed by atoms with Crippen molar-refractivity contribution in [2.45, 2.75) is 6.42 Å². The molecule has 4 rings (SSSR count). The molecule has 0 spiro atoms. The zero-order valence-electron chi connectivity index (χ0n) is 16.3. The van der Waals surface area contributed by atoms with Crippen LogP contribution in [0.3, 0.4) is 0 Å². The van der Waals surface area contributed by atoms with E-state index in [4.69, 9.17) is 0 Å². The number of piperazine rings is 1. The molecule has 8 heteroatoms. The predicted molar refractivity (Wildman–Crippen MR) is 111 cm³/mol. The molecule has 0 radical (unpaired) electrons. The quantitative estimate of drug-likeness (QED) is 0.617. The fourth-order valence-corrected chi connectivity index (χ4v) is 3.39. The van der Waals surface area contributed by atoms with Crippen LogP contribution in [-0.2, 0) is 0 Å². The van der Waals surface area contributed by atoms with Crippen LogP contribution in [0, 0.1) is 0 Å². The first-order valence-electron chi connectivity index (χ1n) is 9.92. The number of nitrogens with zero attached hydrogens (tertiary/aromatic N) is 6. The van der Waals surface area contributed by atoms with Crippen LogP contribution in [0.15, 0.2) is 61.2 Å². The number of hydrogen-bond acceptors (Lipinski definition) is 6. The fourth-order valence-electron chi connectivity index (χ4n) is 3.39. The van der Waals surface area contributed by atoms with Gasteiger partial charge in [-0.05, 0) is 31.2 Å². The molecular formula is C21H25N7O. The molecular weight excluding hydrogens is 366 g/mol. The number of rotatable bonds is 7. The zero-order chi connectivity index (χ0) is 19.9. The molecule has 29 heavy (non-hydrogen) atoms. The smallest absolute Gasteiger partial charge is 0.254 e. The Labute approximate surface area is 170 Å². The first-order valence-corrected chi connectivity index (χ1v) is 9.92. The summed E-state index contributed by atoms with van der Waals surface area (Å²) in [6.45, 7) is 5.43. The second-order valence-corrected chi connectivity index (χ2v) is 7.00. The molecule has 0 saturated carbocycles. The van der Waals surface area contributed by atoms with Gasteiger partial charge in [-0.25, -0.2) is 14.6 Å². The van der Waals surface area contributed by atoms with Crippen molar-refractivity contribution >= 4 is 11.9 Å². The number of nitrogens with one attached hydrogen (secondary N) is 1. The molecule has 0 unspecified atom stereocenters. The van der Waals surface area contributed by atoms with Gasteiger partial charge in [-0.3, -0.25) is 9.69 Å². The minimum absolute atomic E-state index is 0.0850. The van der Waals surface area contributed by atoms with Crippen LogP contribution in [0.5, 0.6) is 0 Å². The molecule has 1 fully saturated rings. The molecule has 3 aromatic rings. The lowest BCUT2D eigenvalue weighted by molar-refractivity contribution is 0.0951. The average Bonchev–Trinajstić information content (AvgIpc) is 3.29. The number of carbonyl (C=O) groups excluding carboxylic acids is 1. The molecule has 1 aromatic carbocycles. The molecule has 0 aliphatic carbocycles. The van der Waals surface area contributed by atoms with Gasteiger partial charge in [0.2, 0.25) is 5.95 Å². The van der Waals surface area contributed by atoms with Gasteiger partial charge in [-0.1, -0.05) is 18.2 Å². The second kappa shape index (κ2) is 9.29. The number of aromatic nitrogens is 4. The highest BCUT2D eigenvalue weighted by molar-refractivity contribution is 5.93. The fraction of sp³-hybridized carbons (Fsp3) is 0.333. The minimum atomic E-state index is -0.0850. The van der Waals surface area contributed by atoms with E-state index in [-0.39, 0.29) is 5.91 Å². The second-order valence-electron chi connectivity index (χ2n) is 7.00. The molecule has 1 N–H and O–H groups in total. The van der Waals surface area contributed by atoms with Crippen molar-refractivity contribution in [2.24, 2.45) is 0 Å². The van der Waals surface area contributed by atoms with Gasteiger partial charge in [0.25, 0.3) is 5.91 Å². The van der Waals surface area contributed by atoms with Crippen molar-refractivity contribution in [3.05, 3.63) is 66.7 Å². The molecule has 150 valence electrons. The molecule has 1 aliphatic rings. The van der Waals surface area contributed by atoms with Gasteiger partial charge in [-0.2, -0.15) is 5.10 Å². The Morgan fingerprint density at radius 3 is 2.52 bits per heavy atom. The molecule has 0 atom stereocenters. The number of benzene rings is 1. The van der Waals surface area contributed by atoms with E-state index < -0.39 is 0 Å². The highest BCUT2D eigenvalue weighted by Gasteiger charge is 2.18. The van der Waals surface area contributed by atoms with Crippen LogP contribution in [-0.4, -0.2) is 69.8 Å². The van der Waals surface area contributed by atoms with E-state index in [9.17, 15) is 4.79 Å². The third-order valence-corrected chi connectivity index (χ3v) is 5.01. The van der Waals surface area contributed by atoms with Gasteiger partial charge < -0.3 is 10.2 Å². The lowest BCUT2D eigenvalue weighted by Gasteiger charge is -2.34. The summed E-state index contributed by atoms with van der Waals surface area (Å²) < 4.78 is 1.71. The van der Waals surface area contributed by atoms with Crippen LogP contribution in [0.2, 0.25) is 0 Å². The maximum atomic E-state index is 12.3. The van der Waals surface area contributed by atoms with Gasteiger partial charge >= 0.3 is 0 Å². The van der Waals surface area contributed by atoms with E-state index in [1.807, 2.05) is 36.4 Å². The van der Waals surface area contributed by atoms with Crippen molar-refractivity contribution in [1.29, 1.82) is 0 Å². The summed E-state index contributed by atoms with van der Waals surface area (Å²) in [6.07, 6.45) is 7.84. The molecule has 0 bridgehead atoms. The van der Waals surface area contributed by atoms with Gasteiger partial charge in [0.1, 0.15) is 0 Å². The highest BCUT2D eigenvalue weighted by atomic mass is 16.1. The maximum Gasteiger partial charge on any atom is 0.254 e. The molecule has 3 heterocycles. The Kier molecular flexibility index (Phi) is 6.11. The summed E-state index contributed by atoms with van der Waals surface area (Å²) in [7, 11) is 0. The third kappa shape index (κ3) is 4.97. The average molecular weight is 391 g/mol. The van der Waals surface area contributed by atoms with Gasteiger partial charge in [0.15, 0.2) is 0 Å². The predicted octanol–water partition coefficient (Wildman–Crippen LogP) is 1.60. The zero-order valence-corrected chi connectivity index (χ0v) is 16.3. The number of carbonyl (C=O) groups is 1. The Morgan fingerprint density at radius 1 is 1.00 bits per heavy atom. The Morgan fingerprint density at radius 2 is 1.76 bits per heavy atom. The summed E-state index contributed by atoms with van der Waals surface area (Å²) in [4.78, 5) is 25.6. The summed E-state index contributed by atoms with van der Waals surface area (Å²) in [5.74, 6) is 0.716. The van der Waals surface area contributed by atoms with Crippen molar-refractivity contribution in [2.75, 3.05) is 44.2 Å². The van der Waals surface area contributed by atoms with Crippen LogP contribution in [0.1, 0.15) is 16.8 Å². The van der Waals surface area contributed by atoms with Crippen LogP contribution in [0.4, 0.5) is 5.95 Å². The summed E-state index contributed by atoms with van der Waals surface area (Å²) in [5.41, 5.74) is 1.51. The van der Waals surface area contributed by atoms with Crippen molar-refractivity contribution in [3.8, 4) is 5.69 Å². The number of para-hydroxylation sites is 1. The molecule has 1 saturated heterocycles. The van der Waals surface area contributed by atoms with Crippen LogP contribution >= 0.6 is 0 Å². The van der Waals surface area contributed by atoms with Gasteiger partial charge in [-0.15, -0.1) is 0 Å². The van der Waals surface area contributed by atoms with Crippen LogP contribution < -0.4 is 10.2 Å². The highest BCUT2D eigenvalue weighted by Crippen LogP contribution is 2.10. The Balaban J connectivity index is 1.17. The SMILES string of the molecule is O=C(NCCCN1CCN(c2ncccn2)CC1)c1cnn(-c2ccccc2)c1. The molecule has 1 amide bonds. The van der Waals surface area contributed by atoms with Crippen molar-refractivity contribution in [1.82, 2.24) is 30.0 Å². The molecule has 1 aliphatic heterocycles. The standard InChI is InChI=1S/C21H25N7O/c29-20(18-16-25-28(17-18)19-6-2-1-3-7-19)22-10-5-11-26-12-14-27(15-13-26)21-23-8-4-9-24-21/h1-4,6-9,16-17H,5,10-15H2,(H,22,29). The molecule has 8 nitrogen and oxygen atoms in total. The van der Waals surface area contributed by atoms with E-state index in [1.165, 1.54) is 0 Å². The van der Waals surface area contributed by atoms with Gasteiger partial charge in [0, 0.05) is 51.3 Å². The normalized spacial score (nSPS) is 14.7. The van der Waals surface area contributed by atoms with E-state index in [2.05, 4.69) is 30.2 Å².